The minimum atomic E-state index is -0.179. The van der Waals surface area contributed by atoms with Crippen molar-refractivity contribution in [2.75, 3.05) is 13.7 Å². The first-order chi connectivity index (χ1) is 12.1. The largest absolute Gasteiger partial charge is 0.494 e. The average Bonchev–Trinajstić information content (AvgIpc) is 3.03. The lowest BCUT2D eigenvalue weighted by atomic mass is 10.1. The van der Waals surface area contributed by atoms with Crippen molar-refractivity contribution in [3.8, 4) is 5.75 Å². The number of methoxy groups -OCH3 is 1. The Morgan fingerprint density at radius 3 is 2.80 bits per heavy atom. The summed E-state index contributed by atoms with van der Waals surface area (Å²) in [6.07, 6.45) is 5.80. The average molecular weight is 357 g/mol. The second-order valence-electron chi connectivity index (χ2n) is 6.11. The van der Waals surface area contributed by atoms with E-state index in [1.165, 1.54) is 25.1 Å². The maximum absolute atomic E-state index is 12.7. The molecule has 3 aromatic rings. The zero-order valence-corrected chi connectivity index (χ0v) is 14.7. The zero-order valence-electron chi connectivity index (χ0n) is 14.0. The van der Waals surface area contributed by atoms with Crippen molar-refractivity contribution in [2.24, 2.45) is 0 Å². The number of nitrogens with zero attached hydrogens (tertiary/aromatic N) is 4. The summed E-state index contributed by atoms with van der Waals surface area (Å²) in [7, 11) is 1.54. The topological polar surface area (TPSA) is 59.7 Å². The summed E-state index contributed by atoms with van der Waals surface area (Å²) < 4.78 is 7.10. The van der Waals surface area contributed by atoms with E-state index in [0.717, 1.165) is 28.2 Å². The maximum Gasteiger partial charge on any atom is 0.292 e. The highest BCUT2D eigenvalue weighted by molar-refractivity contribution is 6.34. The second-order valence-corrected chi connectivity index (χ2v) is 6.49. The van der Waals surface area contributed by atoms with Crippen molar-refractivity contribution < 1.29 is 9.53 Å². The van der Waals surface area contributed by atoms with Crippen molar-refractivity contribution in [3.63, 3.8) is 0 Å². The normalized spacial score (nSPS) is 13.8. The monoisotopic (exact) mass is 356 g/mol. The van der Waals surface area contributed by atoms with Gasteiger partial charge in [-0.2, -0.15) is 0 Å². The Kier molecular flexibility index (Phi) is 3.84. The molecule has 7 heteroatoms. The summed E-state index contributed by atoms with van der Waals surface area (Å²) in [6, 6.07) is 4.11. The first-order valence-electron chi connectivity index (χ1n) is 8.01. The molecule has 0 fully saturated rings. The molecule has 0 saturated carbocycles. The Bertz CT molecular complexity index is 965. The minimum Gasteiger partial charge on any atom is -0.494 e. The van der Waals surface area contributed by atoms with Gasteiger partial charge in [0.05, 0.1) is 36.6 Å². The van der Waals surface area contributed by atoms with Crippen LogP contribution in [0.2, 0.25) is 5.02 Å². The van der Waals surface area contributed by atoms with E-state index in [1.54, 1.807) is 4.90 Å². The molecule has 0 N–H and O–H groups in total. The number of halogens is 1. The predicted octanol–water partition coefficient (Wildman–Crippen LogP) is 2.90. The Hall–Kier alpha value is -2.60. The van der Waals surface area contributed by atoms with Gasteiger partial charge in [-0.1, -0.05) is 11.6 Å². The Balaban J connectivity index is 1.66. The molecule has 0 spiro atoms. The Morgan fingerprint density at radius 2 is 2.08 bits per heavy atom. The van der Waals surface area contributed by atoms with Crippen molar-refractivity contribution >= 4 is 23.0 Å². The molecular weight excluding hydrogens is 340 g/mol. The van der Waals surface area contributed by atoms with E-state index >= 15 is 0 Å². The fourth-order valence-corrected chi connectivity index (χ4v) is 3.38. The van der Waals surface area contributed by atoms with Gasteiger partial charge in [0, 0.05) is 18.4 Å². The summed E-state index contributed by atoms with van der Waals surface area (Å²) in [5.41, 5.74) is 4.35. The number of aromatic nitrogens is 3. The zero-order chi connectivity index (χ0) is 17.6. The molecule has 6 nitrogen and oxygen atoms in total. The van der Waals surface area contributed by atoms with Crippen molar-refractivity contribution in [3.05, 3.63) is 58.4 Å². The minimum absolute atomic E-state index is 0.179. The number of rotatable bonds is 2. The summed E-state index contributed by atoms with van der Waals surface area (Å²) >= 11 is 6.44. The highest BCUT2D eigenvalue weighted by atomic mass is 35.5. The van der Waals surface area contributed by atoms with E-state index in [0.29, 0.717) is 18.8 Å². The van der Waals surface area contributed by atoms with Crippen LogP contribution >= 0.6 is 11.6 Å². The highest BCUT2D eigenvalue weighted by Gasteiger charge is 2.26. The van der Waals surface area contributed by atoms with Crippen LogP contribution in [0.3, 0.4) is 0 Å². The summed E-state index contributed by atoms with van der Waals surface area (Å²) in [5.74, 6) is 0.528. The first-order valence-corrected chi connectivity index (χ1v) is 8.39. The molecule has 0 aromatic carbocycles. The standard InChI is InChI=1S/C18H17ClN4O2/c1-11-3-6-23-14(16(11)19)7-12-4-5-22(10-15(12)23)18(24)17-20-8-13(25-2)9-21-17/h3,6-9H,4-5,10H2,1-2H3. The molecular formula is C18H17ClN4O2. The summed E-state index contributed by atoms with van der Waals surface area (Å²) in [4.78, 5) is 22.7. The molecule has 0 unspecified atom stereocenters. The van der Waals surface area contributed by atoms with Crippen LogP contribution in [0.5, 0.6) is 5.75 Å². The van der Waals surface area contributed by atoms with E-state index in [1.807, 2.05) is 19.2 Å². The lowest BCUT2D eigenvalue weighted by Gasteiger charge is -2.27. The van der Waals surface area contributed by atoms with Gasteiger partial charge in [-0.15, -0.1) is 0 Å². The van der Waals surface area contributed by atoms with Crippen molar-refractivity contribution in [1.82, 2.24) is 19.3 Å². The summed E-state index contributed by atoms with van der Waals surface area (Å²) in [6.45, 7) is 3.14. The number of hydrogen-bond acceptors (Lipinski definition) is 4. The first kappa shape index (κ1) is 15.9. The smallest absolute Gasteiger partial charge is 0.292 e. The molecule has 1 amide bonds. The lowest BCUT2D eigenvalue weighted by Crippen LogP contribution is -2.37. The van der Waals surface area contributed by atoms with Crippen LogP contribution in [0.25, 0.3) is 5.52 Å². The third-order valence-corrected chi connectivity index (χ3v) is 5.10. The molecule has 4 heterocycles. The molecule has 0 saturated heterocycles. The molecule has 1 aliphatic rings. The van der Waals surface area contributed by atoms with Crippen molar-refractivity contribution in [1.29, 1.82) is 0 Å². The van der Waals surface area contributed by atoms with Crippen LogP contribution in [-0.2, 0) is 13.0 Å². The molecule has 0 atom stereocenters. The number of pyridine rings is 1. The SMILES string of the molecule is COc1cnc(C(=O)N2CCc3cc4c(Cl)c(C)ccn4c3C2)nc1. The molecule has 4 rings (SSSR count). The van der Waals surface area contributed by atoms with Gasteiger partial charge < -0.3 is 14.0 Å². The van der Waals surface area contributed by atoms with E-state index < -0.39 is 0 Å². The summed E-state index contributed by atoms with van der Waals surface area (Å²) in [5, 5.41) is 0.758. The number of amides is 1. The lowest BCUT2D eigenvalue weighted by molar-refractivity contribution is 0.0719. The van der Waals surface area contributed by atoms with Gasteiger partial charge in [-0.05, 0) is 36.6 Å². The van der Waals surface area contributed by atoms with E-state index in [-0.39, 0.29) is 11.7 Å². The third kappa shape index (κ3) is 2.62. The Morgan fingerprint density at radius 1 is 1.32 bits per heavy atom. The molecule has 0 bridgehead atoms. The van der Waals surface area contributed by atoms with Crippen LogP contribution in [0.15, 0.2) is 30.7 Å². The Labute approximate surface area is 150 Å². The van der Waals surface area contributed by atoms with Crippen LogP contribution in [-0.4, -0.2) is 38.8 Å². The molecule has 0 aliphatic carbocycles. The molecule has 0 radical (unpaired) electrons. The van der Waals surface area contributed by atoms with Crippen molar-refractivity contribution in [2.45, 2.75) is 19.9 Å². The number of aryl methyl sites for hydroxylation is 1. The fourth-order valence-electron chi connectivity index (χ4n) is 3.18. The fraction of sp³-hybridized carbons (Fsp3) is 0.278. The van der Waals surface area contributed by atoms with Crippen LogP contribution in [0, 0.1) is 6.92 Å². The highest BCUT2D eigenvalue weighted by Crippen LogP contribution is 2.30. The van der Waals surface area contributed by atoms with Gasteiger partial charge in [-0.3, -0.25) is 4.79 Å². The molecule has 25 heavy (non-hydrogen) atoms. The van der Waals surface area contributed by atoms with Crippen LogP contribution in [0.4, 0.5) is 0 Å². The number of carbonyl (C=O) groups is 1. The van der Waals surface area contributed by atoms with Gasteiger partial charge in [-0.25, -0.2) is 9.97 Å². The van der Waals surface area contributed by atoms with Crippen LogP contribution in [0.1, 0.15) is 27.4 Å². The number of carbonyl (C=O) groups excluding carboxylic acids is 1. The van der Waals surface area contributed by atoms with E-state index in [4.69, 9.17) is 16.3 Å². The van der Waals surface area contributed by atoms with Crippen LogP contribution < -0.4 is 4.74 Å². The van der Waals surface area contributed by atoms with E-state index in [9.17, 15) is 4.79 Å². The quantitative estimate of drug-likeness (QED) is 0.708. The predicted molar refractivity (Wildman–Crippen MR) is 94.2 cm³/mol. The number of hydrogen-bond donors (Lipinski definition) is 0. The van der Waals surface area contributed by atoms with Gasteiger partial charge in [0.1, 0.15) is 0 Å². The molecule has 128 valence electrons. The van der Waals surface area contributed by atoms with Gasteiger partial charge in [0.25, 0.3) is 5.91 Å². The number of ether oxygens (including phenoxy) is 1. The van der Waals surface area contributed by atoms with Gasteiger partial charge in [0.15, 0.2) is 5.75 Å². The maximum atomic E-state index is 12.7. The van der Waals surface area contributed by atoms with Gasteiger partial charge in [0.2, 0.25) is 5.82 Å². The van der Waals surface area contributed by atoms with E-state index in [2.05, 4.69) is 20.4 Å². The molecule has 3 aromatic heterocycles. The third-order valence-electron chi connectivity index (χ3n) is 4.61. The molecule has 1 aliphatic heterocycles. The van der Waals surface area contributed by atoms with Gasteiger partial charge >= 0.3 is 0 Å². The second kappa shape index (κ2) is 6.04. The number of fused-ring (bicyclic) bond motifs is 3.